The lowest BCUT2D eigenvalue weighted by molar-refractivity contribution is -0.206. The molecule has 0 aliphatic rings. The molecule has 0 heterocycles. The highest BCUT2D eigenvalue weighted by Gasteiger charge is 2.66. The highest BCUT2D eigenvalue weighted by Crippen LogP contribution is 2.42. The van der Waals surface area contributed by atoms with Crippen molar-refractivity contribution in [1.29, 1.82) is 0 Å². The number of Topliss-reactive ketones (excluding diaryl/α,β-unsaturated/α-hetero) is 1. The number of ketones is 1. The Kier molecular flexibility index (Phi) is 3.16. The first-order valence-electron chi connectivity index (χ1n) is 2.47. The number of alkyl halides is 8. The monoisotopic (exact) mass is 248 g/mol. The maximum absolute atomic E-state index is 12.2. The Balaban J connectivity index is 4.98. The molecule has 0 saturated carbocycles. The van der Waals surface area contributed by atoms with E-state index in [1.165, 1.54) is 0 Å². The Morgan fingerprint density at radius 2 is 1.23 bits per heavy atom. The molecule has 1 atom stereocenters. The Bertz CT molecular complexity index is 216. The third kappa shape index (κ3) is 2.63. The average Bonchev–Trinajstić information content (AvgIpc) is 1.81. The minimum Gasteiger partial charge on any atom is -0.286 e. The summed E-state index contributed by atoms with van der Waals surface area (Å²) in [5.41, 5.74) is 0. The number of rotatable bonds is 2. The smallest absolute Gasteiger partial charge is 0.286 e. The van der Waals surface area contributed by atoms with Gasteiger partial charge in [0.2, 0.25) is 0 Å². The Hall–Kier alpha value is -0.170. The third-order valence-corrected chi connectivity index (χ3v) is 1.46. The molecule has 78 valence electrons. The molecular formula is C4Cl2F6O. The Labute approximate surface area is 77.6 Å². The lowest BCUT2D eigenvalue weighted by atomic mass is 10.2. The van der Waals surface area contributed by atoms with Crippen LogP contribution in [0.2, 0.25) is 0 Å². The molecule has 13 heavy (non-hydrogen) atoms. The second-order valence-electron chi connectivity index (χ2n) is 1.90. The molecule has 0 saturated heterocycles. The summed E-state index contributed by atoms with van der Waals surface area (Å²) in [6.07, 6.45) is -5.94. The van der Waals surface area contributed by atoms with Crippen molar-refractivity contribution in [3.05, 3.63) is 0 Å². The van der Waals surface area contributed by atoms with Crippen LogP contribution < -0.4 is 0 Å². The van der Waals surface area contributed by atoms with Gasteiger partial charge < -0.3 is 0 Å². The lowest BCUT2D eigenvalue weighted by Gasteiger charge is -2.21. The summed E-state index contributed by atoms with van der Waals surface area (Å²) in [5, 5.41) is -10.2. The highest BCUT2D eigenvalue weighted by atomic mass is 35.5. The number of carbonyl (C=O) groups excluding carboxylic acids is 1. The highest BCUT2D eigenvalue weighted by molar-refractivity contribution is 6.43. The Morgan fingerprint density at radius 3 is 1.31 bits per heavy atom. The van der Waals surface area contributed by atoms with Crippen molar-refractivity contribution in [2.24, 2.45) is 0 Å². The second kappa shape index (κ2) is 3.20. The normalized spacial score (nSPS) is 18.2. The van der Waals surface area contributed by atoms with Crippen molar-refractivity contribution in [3.8, 4) is 0 Å². The first-order valence-corrected chi connectivity index (χ1v) is 3.22. The fraction of sp³-hybridized carbons (Fsp3) is 0.750. The van der Waals surface area contributed by atoms with E-state index < -0.39 is 22.5 Å². The van der Waals surface area contributed by atoms with Crippen LogP contribution >= 0.6 is 23.2 Å². The summed E-state index contributed by atoms with van der Waals surface area (Å²) in [5.74, 6) is -3.25. The number of halogens is 8. The molecular weight excluding hydrogens is 249 g/mol. The van der Waals surface area contributed by atoms with Crippen LogP contribution in [0.4, 0.5) is 26.3 Å². The Morgan fingerprint density at radius 1 is 0.923 bits per heavy atom. The predicted molar refractivity (Wildman–Crippen MR) is 31.6 cm³/mol. The largest absolute Gasteiger partial charge is 0.444 e. The van der Waals surface area contributed by atoms with Crippen molar-refractivity contribution >= 4 is 29.0 Å². The van der Waals surface area contributed by atoms with E-state index in [9.17, 15) is 31.1 Å². The van der Waals surface area contributed by atoms with Gasteiger partial charge in [0.05, 0.1) is 0 Å². The zero-order valence-electron chi connectivity index (χ0n) is 5.43. The second-order valence-corrected chi connectivity index (χ2v) is 2.89. The van der Waals surface area contributed by atoms with Crippen LogP contribution in [-0.2, 0) is 4.79 Å². The maximum atomic E-state index is 12.2. The molecule has 0 aromatic heterocycles. The zero-order valence-corrected chi connectivity index (χ0v) is 6.94. The van der Waals surface area contributed by atoms with Crippen LogP contribution in [0.15, 0.2) is 0 Å². The minimum absolute atomic E-state index is 3.25. The predicted octanol–water partition coefficient (Wildman–Crippen LogP) is 2.85. The van der Waals surface area contributed by atoms with Crippen LogP contribution in [0.25, 0.3) is 0 Å². The molecule has 0 fully saturated rings. The van der Waals surface area contributed by atoms with Gasteiger partial charge in [-0.2, -0.15) is 22.0 Å². The van der Waals surface area contributed by atoms with Gasteiger partial charge in [0.15, 0.2) is 0 Å². The van der Waals surface area contributed by atoms with E-state index in [1.807, 2.05) is 0 Å². The van der Waals surface area contributed by atoms with Gasteiger partial charge in [-0.25, -0.2) is 4.39 Å². The SMILES string of the molecule is O=C(C(F)(F)Cl)C(F)(Cl)C(F)(F)F. The standard InChI is InChI=1S/C4Cl2F6O/c5-2(7,4(10,11)12)1(13)3(6,8)9. The van der Waals surface area contributed by atoms with Gasteiger partial charge in [-0.1, -0.05) is 11.6 Å². The van der Waals surface area contributed by atoms with Crippen molar-refractivity contribution in [2.45, 2.75) is 16.7 Å². The lowest BCUT2D eigenvalue weighted by Crippen LogP contribution is -2.49. The van der Waals surface area contributed by atoms with Gasteiger partial charge >= 0.3 is 16.7 Å². The van der Waals surface area contributed by atoms with Crippen molar-refractivity contribution in [1.82, 2.24) is 0 Å². The molecule has 0 aliphatic heterocycles. The van der Waals surface area contributed by atoms with Crippen molar-refractivity contribution < 1.29 is 31.1 Å². The number of carbonyl (C=O) groups is 1. The molecule has 1 unspecified atom stereocenters. The topological polar surface area (TPSA) is 17.1 Å². The molecule has 1 nitrogen and oxygen atoms in total. The molecule has 0 N–H and O–H groups in total. The van der Waals surface area contributed by atoms with Crippen LogP contribution in [0.3, 0.4) is 0 Å². The summed E-state index contributed by atoms with van der Waals surface area (Å²) < 4.78 is 70.2. The summed E-state index contributed by atoms with van der Waals surface area (Å²) in [4.78, 5) is 10.0. The zero-order chi connectivity index (χ0) is 11.1. The molecule has 9 heteroatoms. The summed E-state index contributed by atoms with van der Waals surface area (Å²) >= 11 is 7.81. The fourth-order valence-electron chi connectivity index (χ4n) is 0.307. The van der Waals surface area contributed by atoms with Crippen molar-refractivity contribution in [3.63, 3.8) is 0 Å². The number of hydrogen-bond acceptors (Lipinski definition) is 1. The van der Waals surface area contributed by atoms with E-state index in [0.29, 0.717) is 0 Å². The first-order chi connectivity index (χ1) is 5.40. The van der Waals surface area contributed by atoms with E-state index in [2.05, 4.69) is 23.2 Å². The minimum atomic E-state index is -5.94. The van der Waals surface area contributed by atoms with E-state index in [0.717, 1.165) is 0 Å². The summed E-state index contributed by atoms with van der Waals surface area (Å²) in [6.45, 7) is 0. The van der Waals surface area contributed by atoms with E-state index in [4.69, 9.17) is 0 Å². The average molecular weight is 249 g/mol. The van der Waals surface area contributed by atoms with Gasteiger partial charge in [0, 0.05) is 0 Å². The van der Waals surface area contributed by atoms with Crippen LogP contribution in [0, 0.1) is 0 Å². The molecule has 0 aromatic carbocycles. The molecule has 0 aliphatic carbocycles. The van der Waals surface area contributed by atoms with Crippen LogP contribution in [-0.4, -0.2) is 22.5 Å². The molecule has 0 bridgehead atoms. The van der Waals surface area contributed by atoms with Crippen LogP contribution in [0.1, 0.15) is 0 Å². The quantitative estimate of drug-likeness (QED) is 0.543. The summed E-state index contributed by atoms with van der Waals surface area (Å²) in [7, 11) is 0. The molecule has 0 spiro atoms. The third-order valence-electron chi connectivity index (χ3n) is 0.899. The van der Waals surface area contributed by atoms with E-state index >= 15 is 0 Å². The van der Waals surface area contributed by atoms with Crippen LogP contribution in [0.5, 0.6) is 0 Å². The van der Waals surface area contributed by atoms with Gasteiger partial charge in [-0.15, -0.1) is 0 Å². The molecule has 0 amide bonds. The number of hydrogen-bond donors (Lipinski definition) is 0. The fourth-order valence-corrected chi connectivity index (χ4v) is 0.604. The van der Waals surface area contributed by atoms with Gasteiger partial charge in [0.1, 0.15) is 0 Å². The summed E-state index contributed by atoms with van der Waals surface area (Å²) in [6, 6.07) is 0. The van der Waals surface area contributed by atoms with E-state index in [1.54, 1.807) is 0 Å². The van der Waals surface area contributed by atoms with Gasteiger partial charge in [-0.05, 0) is 11.6 Å². The molecule has 0 radical (unpaired) electrons. The van der Waals surface area contributed by atoms with Crippen molar-refractivity contribution in [2.75, 3.05) is 0 Å². The maximum Gasteiger partial charge on any atom is 0.444 e. The molecule has 0 rings (SSSR count). The van der Waals surface area contributed by atoms with E-state index in [-0.39, 0.29) is 0 Å². The molecule has 0 aromatic rings. The van der Waals surface area contributed by atoms with Gasteiger partial charge in [0.25, 0.3) is 5.78 Å². The van der Waals surface area contributed by atoms with Gasteiger partial charge in [-0.3, -0.25) is 4.79 Å². The first kappa shape index (κ1) is 12.8.